The summed E-state index contributed by atoms with van der Waals surface area (Å²) in [7, 11) is 0. The maximum Gasteiger partial charge on any atom is 4.00 e. The second kappa shape index (κ2) is 23.2. The summed E-state index contributed by atoms with van der Waals surface area (Å²) >= 11 is 0. The van der Waals surface area contributed by atoms with E-state index in [0.717, 1.165) is 25.0 Å². The molecular formula is C42H54F4N2O2Ti. The van der Waals surface area contributed by atoms with E-state index in [2.05, 4.69) is 0 Å². The molecule has 276 valence electrons. The maximum atomic E-state index is 13.9. The largest absolute Gasteiger partial charge is 4.00 e. The number of hydrogen-bond donors (Lipinski definition) is 0. The molecule has 0 spiro atoms. The second-order valence-electron chi connectivity index (χ2n) is 13.7. The molecule has 0 saturated heterocycles. The first kappa shape index (κ1) is 47.5. The van der Waals surface area contributed by atoms with Crippen LogP contribution in [0.2, 0.25) is 0 Å². The van der Waals surface area contributed by atoms with Gasteiger partial charge in [-0.1, -0.05) is 54.4 Å². The van der Waals surface area contributed by atoms with Crippen LogP contribution >= 0.6 is 0 Å². The Morgan fingerprint density at radius 1 is 0.627 bits per heavy atom. The third-order valence-electron chi connectivity index (χ3n) is 7.69. The molecule has 4 rings (SSSR count). The number of halogens is 4. The summed E-state index contributed by atoms with van der Waals surface area (Å²) in [6.07, 6.45) is 3.15. The summed E-state index contributed by atoms with van der Waals surface area (Å²) in [5, 5.41) is 0. The minimum Gasteiger partial charge on any atom is -0.361 e. The summed E-state index contributed by atoms with van der Waals surface area (Å²) < 4.78 is 53.7. The predicted molar refractivity (Wildman–Crippen MR) is 197 cm³/mol. The van der Waals surface area contributed by atoms with Crippen LogP contribution in [0.15, 0.2) is 84.9 Å². The number of carbonyl (C=O) groups excluding carboxylic acids is 2. The molecule has 0 aliphatic heterocycles. The molecule has 0 N–H and O–H groups in total. The van der Waals surface area contributed by atoms with Gasteiger partial charge in [-0.05, 0) is 51.9 Å². The van der Waals surface area contributed by atoms with Gasteiger partial charge in [-0.2, -0.15) is 36.4 Å². The standard InChI is InChI=1S/2C16H22F2NO.2C5H5.Ti/c2*1-6-9-16(4,5)15(20)19(11(2)3)14-8-7-12(17)10-13(14)18;2*1-2-4-5-3-1;/h2*7-8,11H,6,9H2,1-5H3;2*1-5H;/q4*-1;+4. The number of hydrogen-bond acceptors (Lipinski definition) is 2. The molecule has 9 heteroatoms. The van der Waals surface area contributed by atoms with Gasteiger partial charge in [0.25, 0.3) is 0 Å². The first-order valence-electron chi connectivity index (χ1n) is 17.2. The van der Waals surface area contributed by atoms with E-state index >= 15 is 0 Å². The number of carbonyl (C=O) groups is 2. The van der Waals surface area contributed by atoms with Gasteiger partial charge >= 0.3 is 21.7 Å². The van der Waals surface area contributed by atoms with Crippen LogP contribution in [-0.4, -0.2) is 23.9 Å². The van der Waals surface area contributed by atoms with Crippen molar-refractivity contribution in [1.29, 1.82) is 0 Å². The third kappa shape index (κ3) is 15.7. The molecule has 0 bridgehead atoms. The Morgan fingerprint density at radius 2 is 0.922 bits per heavy atom. The third-order valence-corrected chi connectivity index (χ3v) is 7.69. The Hall–Kier alpha value is -3.49. The number of rotatable bonds is 10. The molecule has 4 aromatic carbocycles. The summed E-state index contributed by atoms with van der Waals surface area (Å²) in [5.74, 6) is -3.52. The van der Waals surface area contributed by atoms with Crippen molar-refractivity contribution in [2.24, 2.45) is 10.8 Å². The van der Waals surface area contributed by atoms with Crippen molar-refractivity contribution < 1.29 is 48.9 Å². The van der Waals surface area contributed by atoms with Crippen LogP contribution in [0.1, 0.15) is 94.9 Å². The minimum atomic E-state index is -0.834. The molecule has 0 heterocycles. The van der Waals surface area contributed by atoms with Crippen LogP contribution < -0.4 is 9.80 Å². The van der Waals surface area contributed by atoms with Crippen LogP contribution in [0.25, 0.3) is 0 Å². The molecule has 0 unspecified atom stereocenters. The van der Waals surface area contributed by atoms with Crippen molar-refractivity contribution in [3.63, 3.8) is 0 Å². The molecule has 0 atom stereocenters. The molecule has 2 amide bonds. The molecular weight excluding hydrogens is 688 g/mol. The van der Waals surface area contributed by atoms with E-state index in [9.17, 15) is 27.2 Å². The average Bonchev–Trinajstić information content (AvgIpc) is 3.80. The summed E-state index contributed by atoms with van der Waals surface area (Å²) in [6, 6.07) is 28.4. The van der Waals surface area contributed by atoms with E-state index in [1.54, 1.807) is 0 Å². The smallest absolute Gasteiger partial charge is 0.361 e. The number of nitrogens with zero attached hydrogens (tertiary/aromatic N) is 2. The monoisotopic (exact) mass is 742 g/mol. The molecule has 0 aliphatic carbocycles. The molecule has 0 saturated carbocycles. The van der Waals surface area contributed by atoms with Crippen molar-refractivity contribution in [2.45, 2.75) is 107 Å². The molecule has 0 fully saturated rings. The summed E-state index contributed by atoms with van der Waals surface area (Å²) in [4.78, 5) is 28.2. The Labute approximate surface area is 318 Å². The van der Waals surface area contributed by atoms with Crippen molar-refractivity contribution in [1.82, 2.24) is 0 Å². The number of anilines is 2. The van der Waals surface area contributed by atoms with Crippen molar-refractivity contribution in [3.05, 3.63) is 120 Å². The van der Waals surface area contributed by atoms with Crippen LogP contribution in [0, 0.1) is 46.2 Å². The van der Waals surface area contributed by atoms with Crippen molar-refractivity contribution in [2.75, 3.05) is 9.80 Å². The maximum absolute atomic E-state index is 13.9. The Balaban J connectivity index is 0.000000754. The van der Waals surface area contributed by atoms with Gasteiger partial charge in [0.2, 0.25) is 11.8 Å². The zero-order chi connectivity index (χ0) is 38.1. The van der Waals surface area contributed by atoms with E-state index in [0.29, 0.717) is 12.8 Å². The topological polar surface area (TPSA) is 40.6 Å². The first-order valence-corrected chi connectivity index (χ1v) is 17.2. The average molecular weight is 743 g/mol. The van der Waals surface area contributed by atoms with Crippen molar-refractivity contribution >= 4 is 23.2 Å². The van der Waals surface area contributed by atoms with E-state index < -0.39 is 34.1 Å². The first-order chi connectivity index (χ1) is 23.4. The molecule has 4 nitrogen and oxygen atoms in total. The van der Waals surface area contributed by atoms with Gasteiger partial charge in [0.15, 0.2) is 0 Å². The van der Waals surface area contributed by atoms with Crippen LogP contribution in [-0.2, 0) is 31.3 Å². The fraction of sp³-hybridized carbons (Fsp3) is 0.429. The van der Waals surface area contributed by atoms with Gasteiger partial charge < -0.3 is 9.80 Å². The zero-order valence-electron chi connectivity index (χ0n) is 31.8. The van der Waals surface area contributed by atoms with Crippen LogP contribution in [0.4, 0.5) is 28.9 Å². The van der Waals surface area contributed by atoms with E-state index in [-0.39, 0.29) is 57.0 Å². The zero-order valence-corrected chi connectivity index (χ0v) is 33.4. The van der Waals surface area contributed by atoms with Crippen LogP contribution in [0.5, 0.6) is 0 Å². The summed E-state index contributed by atoms with van der Waals surface area (Å²) in [6.45, 7) is 18.6. The normalized spacial score (nSPS) is 10.8. The van der Waals surface area contributed by atoms with Gasteiger partial charge in [0.1, 0.15) is 0 Å². The second-order valence-corrected chi connectivity index (χ2v) is 13.7. The Kier molecular flexibility index (Phi) is 21.6. The molecule has 0 radical (unpaired) electrons. The van der Waals surface area contributed by atoms with Gasteiger partial charge in [-0.3, -0.25) is 9.59 Å². The van der Waals surface area contributed by atoms with Crippen LogP contribution in [0.3, 0.4) is 0 Å². The Bertz CT molecular complexity index is 1380. The van der Waals surface area contributed by atoms with E-state index in [1.807, 2.05) is 142 Å². The fourth-order valence-electron chi connectivity index (χ4n) is 5.25. The predicted octanol–water partition coefficient (Wildman–Crippen LogP) is 11.5. The van der Waals surface area contributed by atoms with Crippen molar-refractivity contribution in [3.8, 4) is 0 Å². The van der Waals surface area contributed by atoms with Gasteiger partial charge in [0.05, 0.1) is 0 Å². The SMILES string of the molecule is CCCC(C)(C)C(=O)N(c1ccc(F)[c-]c1F)C(C)C.CCCC(C)(C)C(=O)N(c1ccc(F)[c-]c1F)C(C)C.[Ti+4].c1cc[cH-]c1.c1cc[cH-]c1. The Morgan fingerprint density at radius 3 is 1.12 bits per heavy atom. The van der Waals surface area contributed by atoms with E-state index in [1.165, 1.54) is 21.9 Å². The molecule has 0 aliphatic rings. The molecule has 51 heavy (non-hydrogen) atoms. The summed E-state index contributed by atoms with van der Waals surface area (Å²) in [5.41, 5.74) is -1.01. The fourth-order valence-corrected chi connectivity index (χ4v) is 5.25. The molecule has 4 aromatic rings. The quantitative estimate of drug-likeness (QED) is 0.0922. The van der Waals surface area contributed by atoms with Gasteiger partial charge in [0, 0.05) is 46.2 Å². The van der Waals surface area contributed by atoms with E-state index in [4.69, 9.17) is 0 Å². The minimum absolute atomic E-state index is 0. The number of amides is 2. The number of benzene rings is 2. The van der Waals surface area contributed by atoms with Gasteiger partial charge in [-0.25, -0.2) is 41.8 Å². The van der Waals surface area contributed by atoms with Gasteiger partial charge in [-0.15, -0.1) is 36.4 Å². The molecule has 0 aromatic heterocycles.